The molecule has 98 valence electrons. The van der Waals surface area contributed by atoms with Crippen molar-refractivity contribution in [3.63, 3.8) is 0 Å². The smallest absolute Gasteiger partial charge is 0.151 e. The number of Topliss-reactive ketones (excluding diaryl/α,β-unsaturated/α-hetero) is 1. The first-order valence-electron chi connectivity index (χ1n) is 6.39. The fraction of sp³-hybridized carbons (Fsp3) is 0.333. The van der Waals surface area contributed by atoms with E-state index >= 15 is 0 Å². The average molecular weight is 289 g/mol. The Hall–Kier alpha value is -1.000. The maximum atomic E-state index is 12.4. The van der Waals surface area contributed by atoms with Crippen LogP contribution in [-0.4, -0.2) is 33.3 Å². The molecule has 1 fully saturated rings. The molecule has 19 heavy (non-hydrogen) atoms. The number of para-hydroxylation sites is 1. The lowest BCUT2D eigenvalue weighted by Gasteiger charge is -2.19. The second kappa shape index (κ2) is 5.97. The highest BCUT2D eigenvalue weighted by Gasteiger charge is 2.22. The summed E-state index contributed by atoms with van der Waals surface area (Å²) in [6.07, 6.45) is 2.33. The minimum absolute atomic E-state index is 0.172. The van der Waals surface area contributed by atoms with E-state index in [2.05, 4.69) is 4.98 Å². The summed E-state index contributed by atoms with van der Waals surface area (Å²) in [7, 11) is 0. The summed E-state index contributed by atoms with van der Waals surface area (Å²) in [5.41, 5.74) is 2.07. The van der Waals surface area contributed by atoms with Gasteiger partial charge in [0.05, 0.1) is 10.8 Å². The minimum atomic E-state index is 0.172. The number of carbonyl (C=O) groups is 1. The van der Waals surface area contributed by atoms with Crippen molar-refractivity contribution in [3.8, 4) is 0 Å². The third-order valence-corrected chi connectivity index (χ3v) is 6.08. The van der Waals surface area contributed by atoms with Crippen LogP contribution in [0.5, 0.6) is 0 Å². The van der Waals surface area contributed by atoms with Crippen LogP contribution < -0.4 is 0 Å². The minimum Gasteiger partial charge on any atom is -0.298 e. The number of carbonyl (C=O) groups excluding carboxylic acids is 1. The fourth-order valence-corrected chi connectivity index (χ4v) is 4.93. The van der Waals surface area contributed by atoms with Gasteiger partial charge in [-0.15, -0.1) is 11.8 Å². The number of benzene rings is 1. The molecule has 2 heterocycles. The van der Waals surface area contributed by atoms with Crippen molar-refractivity contribution in [2.24, 2.45) is 0 Å². The van der Waals surface area contributed by atoms with Crippen LogP contribution in [-0.2, 0) is 11.2 Å². The van der Waals surface area contributed by atoms with Crippen LogP contribution in [0, 0.1) is 0 Å². The lowest BCUT2D eigenvalue weighted by molar-refractivity contribution is -0.117. The van der Waals surface area contributed by atoms with E-state index in [1.165, 1.54) is 5.75 Å². The third kappa shape index (κ3) is 2.95. The Morgan fingerprint density at radius 1 is 1.26 bits per heavy atom. The van der Waals surface area contributed by atoms with Gasteiger partial charge in [0.1, 0.15) is 0 Å². The Kier molecular flexibility index (Phi) is 4.09. The van der Waals surface area contributed by atoms with E-state index in [0.29, 0.717) is 12.2 Å². The molecule has 1 aromatic carbocycles. The standard InChI is InChI=1S/C15H15NOS2/c17-14(15-10-18-7-8-19-15)9-11-5-6-16-13-4-2-1-3-12(11)13/h1-6,15H,7-10H2. The molecule has 1 saturated heterocycles. The molecule has 0 N–H and O–H groups in total. The van der Waals surface area contributed by atoms with Gasteiger partial charge in [0.15, 0.2) is 5.78 Å². The largest absolute Gasteiger partial charge is 0.298 e. The fourth-order valence-electron chi connectivity index (χ4n) is 2.28. The summed E-state index contributed by atoms with van der Waals surface area (Å²) in [5, 5.41) is 1.28. The molecule has 0 aliphatic carbocycles. The van der Waals surface area contributed by atoms with E-state index in [1.54, 1.807) is 6.20 Å². The molecule has 1 unspecified atom stereocenters. The molecule has 1 aliphatic heterocycles. The van der Waals surface area contributed by atoms with Crippen LogP contribution in [0.1, 0.15) is 5.56 Å². The van der Waals surface area contributed by atoms with Gasteiger partial charge >= 0.3 is 0 Å². The van der Waals surface area contributed by atoms with Gasteiger partial charge in [-0.05, 0) is 17.7 Å². The Morgan fingerprint density at radius 2 is 2.16 bits per heavy atom. The molecule has 0 amide bonds. The molecular weight excluding hydrogens is 274 g/mol. The summed E-state index contributed by atoms with van der Waals surface area (Å²) < 4.78 is 0. The SMILES string of the molecule is O=C(Cc1ccnc2ccccc12)C1CSCCS1. The zero-order valence-corrected chi connectivity index (χ0v) is 12.2. The molecule has 1 aromatic heterocycles. The molecule has 1 aliphatic rings. The molecule has 4 heteroatoms. The topological polar surface area (TPSA) is 30.0 Å². The molecule has 1 atom stereocenters. The van der Waals surface area contributed by atoms with Crippen LogP contribution in [0.2, 0.25) is 0 Å². The van der Waals surface area contributed by atoms with Gasteiger partial charge in [0.25, 0.3) is 0 Å². The quantitative estimate of drug-likeness (QED) is 0.868. The first kappa shape index (κ1) is 13.0. The van der Waals surface area contributed by atoms with Gasteiger partial charge in [-0.25, -0.2) is 0 Å². The van der Waals surface area contributed by atoms with E-state index in [9.17, 15) is 4.79 Å². The van der Waals surface area contributed by atoms with Crippen LogP contribution in [0.4, 0.5) is 0 Å². The zero-order valence-electron chi connectivity index (χ0n) is 10.5. The van der Waals surface area contributed by atoms with Crippen molar-refractivity contribution < 1.29 is 4.79 Å². The molecular formula is C15H15NOS2. The summed E-state index contributed by atoms with van der Waals surface area (Å²) >= 11 is 3.70. The van der Waals surface area contributed by atoms with Crippen molar-refractivity contribution in [2.75, 3.05) is 17.3 Å². The van der Waals surface area contributed by atoms with E-state index in [4.69, 9.17) is 0 Å². The Bertz CT molecular complexity index is 588. The van der Waals surface area contributed by atoms with Crippen LogP contribution in [0.25, 0.3) is 10.9 Å². The van der Waals surface area contributed by atoms with Crippen LogP contribution in [0.3, 0.4) is 0 Å². The van der Waals surface area contributed by atoms with Gasteiger partial charge in [0, 0.05) is 35.3 Å². The number of hydrogen-bond donors (Lipinski definition) is 0. The summed E-state index contributed by atoms with van der Waals surface area (Å²) in [6.45, 7) is 0. The van der Waals surface area contributed by atoms with Crippen molar-refractivity contribution in [1.82, 2.24) is 4.98 Å². The molecule has 0 spiro atoms. The monoisotopic (exact) mass is 289 g/mol. The Balaban J connectivity index is 1.82. The highest BCUT2D eigenvalue weighted by atomic mass is 32.2. The molecule has 0 bridgehead atoms. The predicted octanol–water partition coefficient (Wildman–Crippen LogP) is 3.20. The Morgan fingerprint density at radius 3 is 3.00 bits per heavy atom. The number of thioether (sulfide) groups is 2. The van der Waals surface area contributed by atoms with E-state index < -0.39 is 0 Å². The Labute approximate surface area is 121 Å². The van der Waals surface area contributed by atoms with Gasteiger partial charge in [-0.1, -0.05) is 18.2 Å². The first-order valence-corrected chi connectivity index (χ1v) is 8.59. The van der Waals surface area contributed by atoms with Gasteiger partial charge in [-0.2, -0.15) is 11.8 Å². The average Bonchev–Trinajstić information content (AvgIpc) is 2.48. The van der Waals surface area contributed by atoms with E-state index in [1.807, 2.05) is 53.9 Å². The summed E-state index contributed by atoms with van der Waals surface area (Å²) in [6, 6.07) is 10.0. The summed E-state index contributed by atoms with van der Waals surface area (Å²) in [5.74, 6) is 3.59. The van der Waals surface area contributed by atoms with Gasteiger partial charge in [-0.3, -0.25) is 9.78 Å². The lowest BCUT2D eigenvalue weighted by Crippen LogP contribution is -2.25. The maximum Gasteiger partial charge on any atom is 0.151 e. The van der Waals surface area contributed by atoms with E-state index in [0.717, 1.165) is 28.0 Å². The number of ketones is 1. The number of pyridine rings is 1. The highest BCUT2D eigenvalue weighted by molar-refractivity contribution is 8.07. The van der Waals surface area contributed by atoms with Crippen molar-refractivity contribution in [2.45, 2.75) is 11.7 Å². The van der Waals surface area contributed by atoms with Crippen LogP contribution >= 0.6 is 23.5 Å². The molecule has 0 saturated carbocycles. The first-order chi connectivity index (χ1) is 9.34. The number of hydrogen-bond acceptors (Lipinski definition) is 4. The normalized spacial score (nSPS) is 19.5. The maximum absolute atomic E-state index is 12.4. The number of fused-ring (bicyclic) bond motifs is 1. The van der Waals surface area contributed by atoms with Crippen molar-refractivity contribution in [3.05, 3.63) is 42.1 Å². The van der Waals surface area contributed by atoms with Gasteiger partial charge in [0.2, 0.25) is 0 Å². The van der Waals surface area contributed by atoms with E-state index in [-0.39, 0.29) is 5.25 Å². The predicted molar refractivity (Wildman–Crippen MR) is 84.0 cm³/mol. The third-order valence-electron chi connectivity index (χ3n) is 3.28. The van der Waals surface area contributed by atoms with Crippen molar-refractivity contribution in [1.29, 1.82) is 0 Å². The highest BCUT2D eigenvalue weighted by Crippen LogP contribution is 2.26. The second-order valence-electron chi connectivity index (χ2n) is 4.56. The molecule has 2 nitrogen and oxygen atoms in total. The van der Waals surface area contributed by atoms with Crippen molar-refractivity contribution >= 4 is 40.2 Å². The molecule has 3 rings (SSSR count). The lowest BCUT2D eigenvalue weighted by atomic mass is 10.0. The van der Waals surface area contributed by atoms with Crippen LogP contribution in [0.15, 0.2) is 36.5 Å². The molecule has 2 aromatic rings. The second-order valence-corrected chi connectivity index (χ2v) is 7.03. The number of nitrogens with zero attached hydrogens (tertiary/aromatic N) is 1. The number of aromatic nitrogens is 1. The van der Waals surface area contributed by atoms with Gasteiger partial charge < -0.3 is 0 Å². The summed E-state index contributed by atoms with van der Waals surface area (Å²) in [4.78, 5) is 16.7. The molecule has 0 radical (unpaired) electrons. The number of rotatable bonds is 3. The zero-order chi connectivity index (χ0) is 13.1.